The summed E-state index contributed by atoms with van der Waals surface area (Å²) in [6.07, 6.45) is 3.64. The van der Waals surface area contributed by atoms with Crippen molar-refractivity contribution in [1.82, 2.24) is 20.2 Å². The largest absolute Gasteiger partial charge is 0.394 e. The van der Waals surface area contributed by atoms with Gasteiger partial charge >= 0.3 is 6.03 Å². The average molecular weight is 254 g/mol. The number of urea groups is 1. The Bertz CT molecular complexity index is 376. The molecule has 0 aliphatic heterocycles. The number of amides is 2. The summed E-state index contributed by atoms with van der Waals surface area (Å²) in [5, 5.41) is 14.2. The van der Waals surface area contributed by atoms with Crippen LogP contribution in [0.2, 0.25) is 0 Å². The van der Waals surface area contributed by atoms with Crippen LogP contribution in [0.4, 0.5) is 4.79 Å². The molecule has 0 aliphatic carbocycles. The van der Waals surface area contributed by atoms with Gasteiger partial charge in [0.05, 0.1) is 19.2 Å². The van der Waals surface area contributed by atoms with E-state index in [0.29, 0.717) is 12.5 Å². The minimum atomic E-state index is -0.296. The Balaban J connectivity index is 2.43. The van der Waals surface area contributed by atoms with Crippen LogP contribution in [0.25, 0.3) is 0 Å². The molecule has 1 rings (SSSR count). The van der Waals surface area contributed by atoms with E-state index >= 15 is 0 Å². The van der Waals surface area contributed by atoms with Crippen LogP contribution in [-0.2, 0) is 13.1 Å². The summed E-state index contributed by atoms with van der Waals surface area (Å²) in [7, 11) is 0. The van der Waals surface area contributed by atoms with Crippen LogP contribution in [-0.4, -0.2) is 33.3 Å². The van der Waals surface area contributed by atoms with E-state index in [4.69, 9.17) is 5.11 Å². The molecule has 0 spiro atoms. The van der Waals surface area contributed by atoms with Crippen molar-refractivity contribution in [3.05, 3.63) is 18.2 Å². The molecule has 0 aromatic carbocycles. The SMILES string of the molecule is CC(C)Cn1ccnc1CNC(=O)N[C@H](C)CO. The van der Waals surface area contributed by atoms with Crippen LogP contribution >= 0.6 is 0 Å². The second kappa shape index (κ2) is 7.00. The maximum atomic E-state index is 11.5. The minimum absolute atomic E-state index is 0.0740. The Morgan fingerprint density at radius 1 is 1.50 bits per heavy atom. The van der Waals surface area contributed by atoms with E-state index in [1.165, 1.54) is 0 Å². The normalized spacial score (nSPS) is 12.5. The molecule has 102 valence electrons. The van der Waals surface area contributed by atoms with Gasteiger partial charge < -0.3 is 20.3 Å². The molecule has 0 saturated heterocycles. The maximum Gasteiger partial charge on any atom is 0.315 e. The van der Waals surface area contributed by atoms with Gasteiger partial charge in [-0.25, -0.2) is 9.78 Å². The smallest absolute Gasteiger partial charge is 0.315 e. The van der Waals surface area contributed by atoms with E-state index in [9.17, 15) is 4.79 Å². The Morgan fingerprint density at radius 2 is 2.22 bits per heavy atom. The first-order valence-corrected chi connectivity index (χ1v) is 6.18. The molecule has 0 unspecified atom stereocenters. The zero-order valence-electron chi connectivity index (χ0n) is 11.2. The third-order valence-corrected chi connectivity index (χ3v) is 2.42. The number of rotatable bonds is 6. The zero-order chi connectivity index (χ0) is 13.5. The lowest BCUT2D eigenvalue weighted by molar-refractivity contribution is 0.220. The van der Waals surface area contributed by atoms with Gasteiger partial charge in [-0.2, -0.15) is 0 Å². The average Bonchev–Trinajstić information content (AvgIpc) is 2.72. The number of hydrogen-bond donors (Lipinski definition) is 3. The summed E-state index contributed by atoms with van der Waals surface area (Å²) in [6.45, 7) is 7.18. The van der Waals surface area contributed by atoms with Crippen LogP contribution in [0.15, 0.2) is 12.4 Å². The highest BCUT2D eigenvalue weighted by Gasteiger charge is 2.08. The molecular weight excluding hydrogens is 232 g/mol. The van der Waals surface area contributed by atoms with E-state index in [2.05, 4.69) is 29.5 Å². The molecule has 0 saturated carbocycles. The van der Waals surface area contributed by atoms with Crippen LogP contribution in [0, 0.1) is 5.92 Å². The second-order valence-corrected chi connectivity index (χ2v) is 4.80. The van der Waals surface area contributed by atoms with E-state index < -0.39 is 0 Å². The van der Waals surface area contributed by atoms with Gasteiger partial charge in [0.2, 0.25) is 0 Å². The molecule has 1 aromatic rings. The maximum absolute atomic E-state index is 11.5. The third kappa shape index (κ3) is 4.75. The van der Waals surface area contributed by atoms with Gasteiger partial charge in [-0.05, 0) is 12.8 Å². The number of aliphatic hydroxyl groups is 1. The summed E-state index contributed by atoms with van der Waals surface area (Å²) >= 11 is 0. The van der Waals surface area contributed by atoms with Crippen molar-refractivity contribution < 1.29 is 9.90 Å². The lowest BCUT2D eigenvalue weighted by atomic mass is 10.2. The number of hydrogen-bond acceptors (Lipinski definition) is 3. The van der Waals surface area contributed by atoms with Crippen molar-refractivity contribution in [2.75, 3.05) is 6.61 Å². The van der Waals surface area contributed by atoms with Crippen molar-refractivity contribution >= 4 is 6.03 Å². The van der Waals surface area contributed by atoms with Crippen LogP contribution in [0.3, 0.4) is 0 Å². The molecule has 0 bridgehead atoms. The van der Waals surface area contributed by atoms with Crippen molar-refractivity contribution in [2.45, 2.75) is 39.9 Å². The molecule has 1 atom stereocenters. The van der Waals surface area contributed by atoms with Gasteiger partial charge in [0.1, 0.15) is 5.82 Å². The number of imidazole rings is 1. The van der Waals surface area contributed by atoms with Crippen molar-refractivity contribution in [3.63, 3.8) is 0 Å². The van der Waals surface area contributed by atoms with E-state index in [1.807, 2.05) is 10.8 Å². The van der Waals surface area contributed by atoms with Crippen molar-refractivity contribution in [2.24, 2.45) is 5.92 Å². The highest BCUT2D eigenvalue weighted by atomic mass is 16.3. The van der Waals surface area contributed by atoms with Crippen molar-refractivity contribution in [1.29, 1.82) is 0 Å². The second-order valence-electron chi connectivity index (χ2n) is 4.80. The Morgan fingerprint density at radius 3 is 2.83 bits per heavy atom. The number of carbonyl (C=O) groups excluding carboxylic acids is 1. The third-order valence-electron chi connectivity index (χ3n) is 2.42. The van der Waals surface area contributed by atoms with E-state index in [0.717, 1.165) is 12.4 Å². The fourth-order valence-electron chi connectivity index (χ4n) is 1.55. The Labute approximate surface area is 107 Å². The van der Waals surface area contributed by atoms with Gasteiger partial charge in [0.25, 0.3) is 0 Å². The summed E-state index contributed by atoms with van der Waals surface area (Å²) in [6, 6.07) is -0.545. The quantitative estimate of drug-likeness (QED) is 0.700. The first-order chi connectivity index (χ1) is 8.52. The summed E-state index contributed by atoms with van der Waals surface area (Å²) in [5.74, 6) is 1.36. The number of nitrogens with one attached hydrogen (secondary N) is 2. The predicted octanol–water partition coefficient (Wildman–Crippen LogP) is 0.719. The highest BCUT2D eigenvalue weighted by Crippen LogP contribution is 2.03. The zero-order valence-corrected chi connectivity index (χ0v) is 11.2. The number of nitrogens with zero attached hydrogens (tertiary/aromatic N) is 2. The molecule has 1 aromatic heterocycles. The van der Waals surface area contributed by atoms with Gasteiger partial charge in [0, 0.05) is 18.9 Å². The Kier molecular flexibility index (Phi) is 5.64. The summed E-state index contributed by atoms with van der Waals surface area (Å²) < 4.78 is 2.03. The molecule has 6 nitrogen and oxygen atoms in total. The fourth-order valence-corrected chi connectivity index (χ4v) is 1.55. The van der Waals surface area contributed by atoms with Gasteiger partial charge in [-0.3, -0.25) is 0 Å². The van der Waals surface area contributed by atoms with Gasteiger partial charge in [0.15, 0.2) is 0 Å². The van der Waals surface area contributed by atoms with E-state index in [-0.39, 0.29) is 18.7 Å². The monoisotopic (exact) mass is 254 g/mol. The molecule has 0 aliphatic rings. The summed E-state index contributed by atoms with van der Waals surface area (Å²) in [4.78, 5) is 15.7. The van der Waals surface area contributed by atoms with E-state index in [1.54, 1.807) is 13.1 Å². The van der Waals surface area contributed by atoms with Gasteiger partial charge in [-0.15, -0.1) is 0 Å². The summed E-state index contributed by atoms with van der Waals surface area (Å²) in [5.41, 5.74) is 0. The molecule has 0 radical (unpaired) electrons. The predicted molar refractivity (Wildman–Crippen MR) is 69.0 cm³/mol. The molecule has 2 amide bonds. The topological polar surface area (TPSA) is 79.2 Å². The lowest BCUT2D eigenvalue weighted by Crippen LogP contribution is -2.42. The first kappa shape index (κ1) is 14.5. The molecule has 6 heteroatoms. The molecule has 18 heavy (non-hydrogen) atoms. The van der Waals surface area contributed by atoms with Crippen LogP contribution in [0.1, 0.15) is 26.6 Å². The Hall–Kier alpha value is -1.56. The molecule has 1 heterocycles. The molecule has 0 fully saturated rings. The van der Waals surface area contributed by atoms with Crippen molar-refractivity contribution in [3.8, 4) is 0 Å². The fraction of sp³-hybridized carbons (Fsp3) is 0.667. The number of aromatic nitrogens is 2. The molecule has 3 N–H and O–H groups in total. The van der Waals surface area contributed by atoms with Gasteiger partial charge in [-0.1, -0.05) is 13.8 Å². The number of aliphatic hydroxyl groups excluding tert-OH is 1. The standard InChI is InChI=1S/C12H22N4O2/c1-9(2)7-16-5-4-13-11(16)6-14-12(18)15-10(3)8-17/h4-5,9-10,17H,6-8H2,1-3H3,(H2,14,15,18)/t10-/m1/s1. The minimum Gasteiger partial charge on any atom is -0.394 e. The van der Waals surface area contributed by atoms with Crippen LogP contribution in [0.5, 0.6) is 0 Å². The molecular formula is C12H22N4O2. The lowest BCUT2D eigenvalue weighted by Gasteiger charge is -2.13. The first-order valence-electron chi connectivity index (χ1n) is 6.18. The highest BCUT2D eigenvalue weighted by molar-refractivity contribution is 5.74. The van der Waals surface area contributed by atoms with Crippen LogP contribution < -0.4 is 10.6 Å². The number of carbonyl (C=O) groups is 1.